The van der Waals surface area contributed by atoms with Gasteiger partial charge in [-0.2, -0.15) is 0 Å². The van der Waals surface area contributed by atoms with Gasteiger partial charge in [-0.3, -0.25) is 4.98 Å². The molecule has 1 unspecified atom stereocenters. The molecule has 1 aromatic rings. The molecular weight excluding hydrogens is 208 g/mol. The van der Waals surface area contributed by atoms with Gasteiger partial charge in [-0.15, -0.1) is 11.8 Å². The van der Waals surface area contributed by atoms with Crippen LogP contribution in [0, 0.1) is 5.92 Å². The quantitative estimate of drug-likeness (QED) is 0.752. The van der Waals surface area contributed by atoms with Gasteiger partial charge in [-0.25, -0.2) is 0 Å². The van der Waals surface area contributed by atoms with Crippen LogP contribution in [-0.4, -0.2) is 22.5 Å². The van der Waals surface area contributed by atoms with Gasteiger partial charge >= 0.3 is 0 Å². The van der Waals surface area contributed by atoms with Crippen molar-refractivity contribution >= 4 is 11.8 Å². The van der Waals surface area contributed by atoms with Crippen molar-refractivity contribution in [1.82, 2.24) is 4.98 Å². The molecule has 0 saturated heterocycles. The summed E-state index contributed by atoms with van der Waals surface area (Å²) in [6.45, 7) is 4.18. The van der Waals surface area contributed by atoms with E-state index >= 15 is 0 Å². The number of aromatic nitrogens is 1. The standard InChI is InChI=1S/C11H18N2OS/c1-8(6-14)7-15-10-3-4-11(9(2)12)13-5-10/h3-5,8-9,14H,6-7,12H2,1-2H3/t8?,9-/m1/s1. The van der Waals surface area contributed by atoms with Crippen molar-refractivity contribution in [2.45, 2.75) is 24.8 Å². The Morgan fingerprint density at radius 1 is 1.47 bits per heavy atom. The van der Waals surface area contributed by atoms with E-state index in [9.17, 15) is 0 Å². The van der Waals surface area contributed by atoms with Gasteiger partial charge in [-0.1, -0.05) is 6.92 Å². The maximum absolute atomic E-state index is 8.88. The lowest BCUT2D eigenvalue weighted by Crippen LogP contribution is -2.07. The van der Waals surface area contributed by atoms with Crippen LogP contribution in [0.2, 0.25) is 0 Å². The van der Waals surface area contributed by atoms with Crippen LogP contribution >= 0.6 is 11.8 Å². The third-order valence-electron chi connectivity index (χ3n) is 2.07. The summed E-state index contributed by atoms with van der Waals surface area (Å²) >= 11 is 1.71. The zero-order valence-electron chi connectivity index (χ0n) is 9.18. The fraction of sp³-hybridized carbons (Fsp3) is 0.545. The van der Waals surface area contributed by atoms with Crippen molar-refractivity contribution in [3.63, 3.8) is 0 Å². The number of thioether (sulfide) groups is 1. The van der Waals surface area contributed by atoms with Gasteiger partial charge in [0, 0.05) is 29.5 Å². The average molecular weight is 226 g/mol. The van der Waals surface area contributed by atoms with Gasteiger partial charge in [0.25, 0.3) is 0 Å². The van der Waals surface area contributed by atoms with E-state index < -0.39 is 0 Å². The molecule has 0 aliphatic heterocycles. The minimum absolute atomic E-state index is 0.0135. The maximum atomic E-state index is 8.88. The summed E-state index contributed by atoms with van der Waals surface area (Å²) < 4.78 is 0. The van der Waals surface area contributed by atoms with Gasteiger partial charge < -0.3 is 10.8 Å². The Hall–Kier alpha value is -0.580. The number of rotatable bonds is 5. The van der Waals surface area contributed by atoms with Crippen molar-refractivity contribution < 1.29 is 5.11 Å². The van der Waals surface area contributed by atoms with Gasteiger partial charge in [0.2, 0.25) is 0 Å². The van der Waals surface area contributed by atoms with E-state index in [4.69, 9.17) is 10.8 Å². The third kappa shape index (κ3) is 4.20. The van der Waals surface area contributed by atoms with Gasteiger partial charge in [0.1, 0.15) is 0 Å². The van der Waals surface area contributed by atoms with E-state index in [0.717, 1.165) is 16.3 Å². The highest BCUT2D eigenvalue weighted by Gasteiger charge is 2.03. The number of aliphatic hydroxyl groups excluding tert-OH is 1. The molecule has 1 aromatic heterocycles. The predicted molar refractivity (Wildman–Crippen MR) is 63.8 cm³/mol. The molecule has 0 saturated carbocycles. The van der Waals surface area contributed by atoms with Crippen molar-refractivity contribution in [2.24, 2.45) is 11.7 Å². The SMILES string of the molecule is CC(CO)CSc1ccc([C@@H](C)N)nc1. The lowest BCUT2D eigenvalue weighted by atomic mass is 10.2. The highest BCUT2D eigenvalue weighted by molar-refractivity contribution is 7.99. The molecule has 0 aliphatic rings. The molecule has 1 heterocycles. The summed E-state index contributed by atoms with van der Waals surface area (Å²) in [4.78, 5) is 5.40. The molecule has 0 spiro atoms. The zero-order valence-corrected chi connectivity index (χ0v) is 10.00. The molecule has 3 nitrogen and oxygen atoms in total. The van der Waals surface area contributed by atoms with E-state index in [2.05, 4.69) is 4.98 Å². The van der Waals surface area contributed by atoms with Crippen LogP contribution in [0.4, 0.5) is 0 Å². The lowest BCUT2D eigenvalue weighted by Gasteiger charge is -2.08. The molecule has 0 aromatic carbocycles. The van der Waals surface area contributed by atoms with E-state index in [0.29, 0.717) is 5.92 Å². The third-order valence-corrected chi connectivity index (χ3v) is 3.38. The summed E-state index contributed by atoms with van der Waals surface area (Å²) in [5, 5.41) is 8.88. The number of nitrogens with two attached hydrogens (primary N) is 1. The Bertz CT molecular complexity index is 287. The molecule has 2 atom stereocenters. The predicted octanol–water partition coefficient (Wildman–Crippen LogP) is 1.82. The number of aliphatic hydroxyl groups is 1. The normalized spacial score (nSPS) is 14.9. The minimum Gasteiger partial charge on any atom is -0.396 e. The molecule has 3 N–H and O–H groups in total. The molecule has 0 fully saturated rings. The fourth-order valence-corrected chi connectivity index (χ4v) is 1.91. The molecule has 0 bridgehead atoms. The van der Waals surface area contributed by atoms with Gasteiger partial charge in [-0.05, 0) is 25.0 Å². The van der Waals surface area contributed by atoms with E-state index in [1.54, 1.807) is 11.8 Å². The molecule has 0 amide bonds. The summed E-state index contributed by atoms with van der Waals surface area (Å²) in [6, 6.07) is 3.97. The summed E-state index contributed by atoms with van der Waals surface area (Å²) in [7, 11) is 0. The molecule has 84 valence electrons. The lowest BCUT2D eigenvalue weighted by molar-refractivity contribution is 0.250. The van der Waals surface area contributed by atoms with Crippen LogP contribution in [-0.2, 0) is 0 Å². The van der Waals surface area contributed by atoms with E-state index in [1.165, 1.54) is 0 Å². The first-order valence-electron chi connectivity index (χ1n) is 5.08. The number of nitrogens with zero attached hydrogens (tertiary/aromatic N) is 1. The average Bonchev–Trinajstić information content (AvgIpc) is 2.26. The number of hydrogen-bond acceptors (Lipinski definition) is 4. The smallest absolute Gasteiger partial charge is 0.0569 e. The van der Waals surface area contributed by atoms with E-state index in [1.807, 2.05) is 32.2 Å². The van der Waals surface area contributed by atoms with Gasteiger partial charge in [0.15, 0.2) is 0 Å². The Morgan fingerprint density at radius 2 is 2.20 bits per heavy atom. The molecule has 1 rings (SSSR count). The summed E-state index contributed by atoms with van der Waals surface area (Å²) in [6.07, 6.45) is 1.84. The number of pyridine rings is 1. The second-order valence-electron chi connectivity index (χ2n) is 3.81. The van der Waals surface area contributed by atoms with Crippen molar-refractivity contribution in [2.75, 3.05) is 12.4 Å². The van der Waals surface area contributed by atoms with Crippen molar-refractivity contribution in [3.05, 3.63) is 24.0 Å². The summed E-state index contributed by atoms with van der Waals surface area (Å²) in [5.74, 6) is 1.23. The molecule has 0 radical (unpaired) electrons. The van der Waals surface area contributed by atoms with Crippen LogP contribution < -0.4 is 5.73 Å². The van der Waals surface area contributed by atoms with Gasteiger partial charge in [0.05, 0.1) is 5.69 Å². The Labute approximate surface area is 95.1 Å². The first-order valence-corrected chi connectivity index (χ1v) is 6.07. The Morgan fingerprint density at radius 3 is 2.67 bits per heavy atom. The van der Waals surface area contributed by atoms with Crippen molar-refractivity contribution in [1.29, 1.82) is 0 Å². The molecule has 15 heavy (non-hydrogen) atoms. The zero-order chi connectivity index (χ0) is 11.3. The monoisotopic (exact) mass is 226 g/mol. The molecule has 0 aliphatic carbocycles. The fourth-order valence-electron chi connectivity index (χ4n) is 1.04. The first-order chi connectivity index (χ1) is 7.13. The molecular formula is C11H18N2OS. The molecule has 4 heteroatoms. The van der Waals surface area contributed by atoms with E-state index in [-0.39, 0.29) is 12.6 Å². The van der Waals surface area contributed by atoms with Crippen molar-refractivity contribution in [3.8, 4) is 0 Å². The largest absolute Gasteiger partial charge is 0.396 e. The number of hydrogen-bond donors (Lipinski definition) is 2. The van der Waals surface area contributed by atoms with Crippen LogP contribution in [0.15, 0.2) is 23.2 Å². The topological polar surface area (TPSA) is 59.1 Å². The summed E-state index contributed by atoms with van der Waals surface area (Å²) in [5.41, 5.74) is 6.62. The van der Waals surface area contributed by atoms with Crippen LogP contribution in [0.5, 0.6) is 0 Å². The Kier molecular flexibility index (Phi) is 5.08. The highest BCUT2D eigenvalue weighted by Crippen LogP contribution is 2.20. The first kappa shape index (κ1) is 12.5. The second kappa shape index (κ2) is 6.10. The van der Waals surface area contributed by atoms with Crippen LogP contribution in [0.3, 0.4) is 0 Å². The highest BCUT2D eigenvalue weighted by atomic mass is 32.2. The maximum Gasteiger partial charge on any atom is 0.0569 e. The van der Waals surface area contributed by atoms with Crippen LogP contribution in [0.25, 0.3) is 0 Å². The second-order valence-corrected chi connectivity index (χ2v) is 4.90. The minimum atomic E-state index is -0.0135. The van der Waals surface area contributed by atoms with Crippen LogP contribution in [0.1, 0.15) is 25.6 Å². The Balaban J connectivity index is 2.50.